The molecule has 0 radical (unpaired) electrons. The molecule has 218 valence electrons. The maximum Gasteiger partial charge on any atom is 0.343 e. The molecule has 2 atom stereocenters. The Kier molecular flexibility index (Phi) is 13.9. The van der Waals surface area contributed by atoms with E-state index in [9.17, 15) is 9.59 Å². The third kappa shape index (κ3) is 11.7. The molecular weight excluding hydrogens is 512 g/mol. The predicted octanol–water partition coefficient (Wildman–Crippen LogP) is 9.46. The van der Waals surface area contributed by atoms with Crippen LogP contribution in [-0.2, 0) is 4.74 Å². The molecular formula is C36H44O5. The molecule has 41 heavy (non-hydrogen) atoms. The summed E-state index contributed by atoms with van der Waals surface area (Å²) in [5, 5.41) is 0. The van der Waals surface area contributed by atoms with Crippen molar-refractivity contribution in [2.75, 3.05) is 0 Å². The highest BCUT2D eigenvalue weighted by Crippen LogP contribution is 2.21. The molecule has 3 aromatic carbocycles. The summed E-state index contributed by atoms with van der Waals surface area (Å²) in [7, 11) is 0. The zero-order valence-electron chi connectivity index (χ0n) is 24.7. The Morgan fingerprint density at radius 2 is 1.37 bits per heavy atom. The van der Waals surface area contributed by atoms with Gasteiger partial charge in [0.25, 0.3) is 0 Å². The lowest BCUT2D eigenvalue weighted by molar-refractivity contribution is -0.118. The van der Waals surface area contributed by atoms with Crippen LogP contribution in [0.1, 0.15) is 105 Å². The Morgan fingerprint density at radius 1 is 0.732 bits per heavy atom. The number of carbonyl (C=O) groups excluding carboxylic acids is 2. The van der Waals surface area contributed by atoms with Crippen LogP contribution >= 0.6 is 0 Å². The van der Waals surface area contributed by atoms with Crippen LogP contribution in [0.15, 0.2) is 84.9 Å². The van der Waals surface area contributed by atoms with E-state index in [0.29, 0.717) is 22.6 Å². The molecule has 0 aliphatic rings. The van der Waals surface area contributed by atoms with Crippen molar-refractivity contribution in [3.05, 3.63) is 102 Å². The molecule has 0 N–H and O–H groups in total. The summed E-state index contributed by atoms with van der Waals surface area (Å²) in [5.74, 6) is 0.580. The fraction of sp³-hybridized carbons (Fsp3) is 0.389. The van der Waals surface area contributed by atoms with E-state index in [4.69, 9.17) is 14.2 Å². The van der Waals surface area contributed by atoms with Crippen LogP contribution in [-0.4, -0.2) is 24.1 Å². The van der Waals surface area contributed by atoms with Crippen LogP contribution in [0.4, 0.5) is 0 Å². The molecule has 0 saturated heterocycles. The summed E-state index contributed by atoms with van der Waals surface area (Å²) in [5.41, 5.74) is 1.90. The quantitative estimate of drug-likeness (QED) is 0.0390. The summed E-state index contributed by atoms with van der Waals surface area (Å²) >= 11 is 0. The van der Waals surface area contributed by atoms with E-state index in [1.807, 2.05) is 18.2 Å². The zero-order chi connectivity index (χ0) is 29.3. The number of ketones is 1. The van der Waals surface area contributed by atoms with Crippen LogP contribution < -0.4 is 9.47 Å². The number of hydrogen-bond donors (Lipinski definition) is 0. The van der Waals surface area contributed by atoms with E-state index in [0.717, 1.165) is 24.8 Å². The van der Waals surface area contributed by atoms with E-state index in [-0.39, 0.29) is 18.2 Å². The predicted molar refractivity (Wildman–Crippen MR) is 166 cm³/mol. The van der Waals surface area contributed by atoms with Gasteiger partial charge in [-0.05, 0) is 67.8 Å². The Bertz CT molecular complexity index is 1200. The Balaban J connectivity index is 1.50. The smallest absolute Gasteiger partial charge is 0.343 e. The first-order valence-electron chi connectivity index (χ1n) is 15.0. The van der Waals surface area contributed by atoms with Crippen molar-refractivity contribution < 1.29 is 23.8 Å². The van der Waals surface area contributed by atoms with E-state index >= 15 is 0 Å². The van der Waals surface area contributed by atoms with Gasteiger partial charge < -0.3 is 14.2 Å². The van der Waals surface area contributed by atoms with E-state index in [2.05, 4.69) is 20.8 Å². The Hall–Kier alpha value is -3.70. The number of unbranched alkanes of at least 4 members (excludes halogenated alkanes) is 6. The van der Waals surface area contributed by atoms with Crippen molar-refractivity contribution >= 4 is 17.8 Å². The molecule has 0 bridgehead atoms. The summed E-state index contributed by atoms with van der Waals surface area (Å²) < 4.78 is 17.8. The van der Waals surface area contributed by atoms with E-state index in [1.165, 1.54) is 44.6 Å². The topological polar surface area (TPSA) is 61.8 Å². The highest BCUT2D eigenvalue weighted by molar-refractivity contribution is 6.06. The minimum absolute atomic E-state index is 0.0657. The van der Waals surface area contributed by atoms with Gasteiger partial charge in [-0.2, -0.15) is 0 Å². The van der Waals surface area contributed by atoms with Crippen molar-refractivity contribution in [2.24, 2.45) is 0 Å². The number of allylic oxidation sites excluding steroid dienone is 1. The van der Waals surface area contributed by atoms with E-state index < -0.39 is 5.97 Å². The standard InChI is InChI=1S/C36H44O5/c1-4-6-7-8-9-10-14-17-35(39-28(3)5-2)40-32-25-21-31(22-26-32)36(38)41-33-23-18-29(19-24-33)20-27-34(37)30-15-12-11-13-16-30/h11-13,15-16,18-28,35H,4-10,14,17H2,1-3H3/b27-20+. The zero-order valence-corrected chi connectivity index (χ0v) is 24.7. The largest absolute Gasteiger partial charge is 0.465 e. The second-order valence-electron chi connectivity index (χ2n) is 10.4. The van der Waals surface area contributed by atoms with Gasteiger partial charge in [-0.25, -0.2) is 4.79 Å². The van der Waals surface area contributed by atoms with Crippen LogP contribution in [0.5, 0.6) is 11.5 Å². The van der Waals surface area contributed by atoms with Gasteiger partial charge in [0.1, 0.15) is 11.5 Å². The number of carbonyl (C=O) groups is 2. The maximum atomic E-state index is 12.7. The normalized spacial score (nSPS) is 12.7. The van der Waals surface area contributed by atoms with Gasteiger partial charge in [0.05, 0.1) is 11.7 Å². The minimum atomic E-state index is -0.449. The average molecular weight is 557 g/mol. The third-order valence-electron chi connectivity index (χ3n) is 6.94. The Morgan fingerprint density at radius 3 is 2.02 bits per heavy atom. The maximum absolute atomic E-state index is 12.7. The molecule has 3 aromatic rings. The van der Waals surface area contributed by atoms with Crippen LogP contribution in [0, 0.1) is 0 Å². The molecule has 2 unspecified atom stereocenters. The molecule has 0 amide bonds. The summed E-state index contributed by atoms with van der Waals surface area (Å²) in [6, 6.07) is 23.1. The molecule has 0 aliphatic heterocycles. The van der Waals surface area contributed by atoms with Crippen molar-refractivity contribution in [3.8, 4) is 11.5 Å². The molecule has 0 saturated carbocycles. The summed E-state index contributed by atoms with van der Waals surface area (Å²) in [6.45, 7) is 6.40. The number of benzene rings is 3. The molecule has 3 rings (SSSR count). The van der Waals surface area contributed by atoms with E-state index in [1.54, 1.807) is 66.7 Å². The molecule has 0 spiro atoms. The average Bonchev–Trinajstić information content (AvgIpc) is 3.00. The number of ether oxygens (including phenoxy) is 3. The van der Waals surface area contributed by atoms with Gasteiger partial charge in [-0.3, -0.25) is 4.79 Å². The first-order chi connectivity index (χ1) is 20.0. The molecule has 0 fully saturated rings. The van der Waals surface area contributed by atoms with Gasteiger partial charge in [-0.15, -0.1) is 0 Å². The van der Waals surface area contributed by atoms with Crippen LogP contribution in [0.3, 0.4) is 0 Å². The van der Waals surface area contributed by atoms with Crippen LogP contribution in [0.25, 0.3) is 6.08 Å². The van der Waals surface area contributed by atoms with Crippen molar-refractivity contribution in [3.63, 3.8) is 0 Å². The molecule has 5 heteroatoms. The number of hydrogen-bond acceptors (Lipinski definition) is 5. The van der Waals surface area contributed by atoms with Gasteiger partial charge in [0.15, 0.2) is 12.1 Å². The summed E-state index contributed by atoms with van der Waals surface area (Å²) in [4.78, 5) is 25.0. The first-order valence-corrected chi connectivity index (χ1v) is 15.0. The molecule has 0 aromatic heterocycles. The Labute approximate surface area is 245 Å². The van der Waals surface area contributed by atoms with Crippen molar-refractivity contribution in [1.29, 1.82) is 0 Å². The number of esters is 1. The number of rotatable bonds is 18. The minimum Gasteiger partial charge on any atom is -0.465 e. The highest BCUT2D eigenvalue weighted by Gasteiger charge is 2.15. The van der Waals surface area contributed by atoms with Gasteiger partial charge in [0, 0.05) is 12.0 Å². The second kappa shape index (κ2) is 17.9. The van der Waals surface area contributed by atoms with Gasteiger partial charge in [0.2, 0.25) is 0 Å². The van der Waals surface area contributed by atoms with Crippen molar-refractivity contribution in [1.82, 2.24) is 0 Å². The first kappa shape index (κ1) is 31.8. The highest BCUT2D eigenvalue weighted by atomic mass is 16.7. The molecule has 0 heterocycles. The lowest BCUT2D eigenvalue weighted by atomic mass is 10.1. The third-order valence-corrected chi connectivity index (χ3v) is 6.94. The monoisotopic (exact) mass is 556 g/mol. The lowest BCUT2D eigenvalue weighted by Crippen LogP contribution is -2.25. The SMILES string of the molecule is CCCCCCCCCC(Oc1ccc(C(=O)Oc2ccc(/C=C/C(=O)c3ccccc3)cc2)cc1)OC(C)CC. The summed E-state index contributed by atoms with van der Waals surface area (Å²) in [6.07, 6.45) is 13.5. The lowest BCUT2D eigenvalue weighted by Gasteiger charge is -2.23. The second-order valence-corrected chi connectivity index (χ2v) is 10.4. The molecule has 0 aliphatic carbocycles. The van der Waals surface area contributed by atoms with Crippen molar-refractivity contribution in [2.45, 2.75) is 91.0 Å². The molecule has 5 nitrogen and oxygen atoms in total. The van der Waals surface area contributed by atoms with Gasteiger partial charge in [-0.1, -0.05) is 101 Å². The fourth-order valence-electron chi connectivity index (χ4n) is 4.28. The van der Waals surface area contributed by atoms with Crippen LogP contribution in [0.2, 0.25) is 0 Å². The fourth-order valence-corrected chi connectivity index (χ4v) is 4.28. The van der Waals surface area contributed by atoms with Gasteiger partial charge >= 0.3 is 5.97 Å².